The first kappa shape index (κ1) is 20.1. The van der Waals surface area contributed by atoms with E-state index in [9.17, 15) is 4.79 Å². The lowest BCUT2D eigenvalue weighted by atomic mass is 10.0. The number of anilines is 1. The average molecular weight is 429 g/mol. The van der Waals surface area contributed by atoms with E-state index < -0.39 is 0 Å². The zero-order valence-electron chi connectivity index (χ0n) is 17.5. The van der Waals surface area contributed by atoms with Crippen LogP contribution in [0.15, 0.2) is 55.2 Å². The van der Waals surface area contributed by atoms with Crippen LogP contribution in [0.25, 0.3) is 16.8 Å². The van der Waals surface area contributed by atoms with Crippen molar-refractivity contribution in [3.8, 4) is 11.3 Å². The number of amides is 1. The third-order valence-corrected chi connectivity index (χ3v) is 5.73. The summed E-state index contributed by atoms with van der Waals surface area (Å²) in [6, 6.07) is 9.32. The Morgan fingerprint density at radius 2 is 2.03 bits per heavy atom. The highest BCUT2D eigenvalue weighted by Gasteiger charge is 2.23. The normalized spacial score (nSPS) is 16.2. The van der Waals surface area contributed by atoms with Crippen molar-refractivity contribution in [3.63, 3.8) is 0 Å². The minimum Gasteiger partial charge on any atom is -0.382 e. The summed E-state index contributed by atoms with van der Waals surface area (Å²) in [6.07, 6.45) is 10.1. The largest absolute Gasteiger partial charge is 0.382 e. The number of rotatable bonds is 5. The number of piperidine rings is 1. The van der Waals surface area contributed by atoms with Crippen LogP contribution in [0.1, 0.15) is 47.2 Å². The summed E-state index contributed by atoms with van der Waals surface area (Å²) >= 11 is 0. The first-order valence-electron chi connectivity index (χ1n) is 10.7. The summed E-state index contributed by atoms with van der Waals surface area (Å²) in [5.74, 6) is 1.21. The van der Waals surface area contributed by atoms with Crippen molar-refractivity contribution in [2.75, 3.05) is 12.3 Å². The number of nitrogen functional groups attached to an aromatic ring is 1. The van der Waals surface area contributed by atoms with Gasteiger partial charge in [0.1, 0.15) is 29.2 Å². The molecular formula is C23H24N8O. The lowest BCUT2D eigenvalue weighted by molar-refractivity contribution is 0.0950. The number of carbonyl (C=O) groups is 1. The first-order valence-corrected chi connectivity index (χ1v) is 10.7. The highest BCUT2D eigenvalue weighted by atomic mass is 16.1. The van der Waals surface area contributed by atoms with E-state index in [-0.39, 0.29) is 11.9 Å². The lowest BCUT2D eigenvalue weighted by Crippen LogP contribution is -2.28. The van der Waals surface area contributed by atoms with Crippen molar-refractivity contribution in [1.82, 2.24) is 35.0 Å². The Kier molecular flexibility index (Phi) is 5.47. The quantitative estimate of drug-likeness (QED) is 0.446. The van der Waals surface area contributed by atoms with Crippen molar-refractivity contribution in [2.24, 2.45) is 0 Å². The van der Waals surface area contributed by atoms with Gasteiger partial charge in [-0.2, -0.15) is 0 Å². The van der Waals surface area contributed by atoms with Crippen LogP contribution in [0.4, 0.5) is 5.82 Å². The molecule has 0 saturated carbocycles. The topological polar surface area (TPSA) is 123 Å². The fraction of sp³-hybridized carbons (Fsp3) is 0.261. The summed E-state index contributed by atoms with van der Waals surface area (Å²) < 4.78 is 2.03. The van der Waals surface area contributed by atoms with Crippen molar-refractivity contribution in [1.29, 1.82) is 0 Å². The van der Waals surface area contributed by atoms with Gasteiger partial charge in [-0.05, 0) is 37.6 Å². The molecule has 1 aliphatic rings. The van der Waals surface area contributed by atoms with Crippen LogP contribution in [-0.2, 0) is 6.54 Å². The number of hydrogen-bond donors (Lipinski definition) is 3. The maximum absolute atomic E-state index is 12.5. The molecule has 0 bridgehead atoms. The molecule has 1 saturated heterocycles. The van der Waals surface area contributed by atoms with E-state index in [1.54, 1.807) is 30.6 Å². The van der Waals surface area contributed by atoms with Gasteiger partial charge in [-0.15, -0.1) is 0 Å². The highest BCUT2D eigenvalue weighted by Crippen LogP contribution is 2.32. The van der Waals surface area contributed by atoms with Crippen LogP contribution in [0.2, 0.25) is 0 Å². The average Bonchev–Trinajstić information content (AvgIpc) is 3.25. The second-order valence-corrected chi connectivity index (χ2v) is 7.81. The number of nitrogens with two attached hydrogens (primary N) is 1. The molecule has 4 aromatic rings. The van der Waals surface area contributed by atoms with Crippen LogP contribution >= 0.6 is 0 Å². The zero-order valence-corrected chi connectivity index (χ0v) is 17.5. The Hall–Kier alpha value is -3.85. The maximum atomic E-state index is 12.5. The van der Waals surface area contributed by atoms with E-state index in [2.05, 4.69) is 25.6 Å². The Balaban J connectivity index is 1.42. The minimum absolute atomic E-state index is 0.168. The number of nitrogens with one attached hydrogen (secondary N) is 2. The first-order chi connectivity index (χ1) is 15.7. The summed E-state index contributed by atoms with van der Waals surface area (Å²) in [6.45, 7) is 1.32. The second kappa shape index (κ2) is 8.72. The Bertz CT molecular complexity index is 1230. The molecular weight excluding hydrogens is 404 g/mol. The fourth-order valence-electron chi connectivity index (χ4n) is 4.08. The van der Waals surface area contributed by atoms with Crippen molar-refractivity contribution in [2.45, 2.75) is 31.8 Å². The van der Waals surface area contributed by atoms with Gasteiger partial charge < -0.3 is 16.4 Å². The number of fused-ring (bicyclic) bond motifs is 1. The Labute approximate surface area is 185 Å². The van der Waals surface area contributed by atoms with E-state index in [4.69, 9.17) is 10.7 Å². The second-order valence-electron chi connectivity index (χ2n) is 7.81. The highest BCUT2D eigenvalue weighted by molar-refractivity contribution is 5.95. The standard InChI is InChI=1S/C23H24N8O/c24-21-20-19(30-22(31(20)12-11-27-21)18-3-1-2-9-26-18)15-4-6-16(7-5-15)23(32)28-13-17-8-10-25-14-29-17/h4-8,10-12,14,18,26H,1-3,9,13H2,(H2,24,27)(H,28,32)/t18-/m0/s1. The molecule has 0 spiro atoms. The number of imidazole rings is 1. The van der Waals surface area contributed by atoms with Gasteiger partial charge in [0.25, 0.3) is 5.91 Å². The van der Waals surface area contributed by atoms with Crippen LogP contribution < -0.4 is 16.4 Å². The summed E-state index contributed by atoms with van der Waals surface area (Å²) in [4.78, 5) is 29.8. The van der Waals surface area contributed by atoms with Gasteiger partial charge in [0, 0.05) is 29.7 Å². The minimum atomic E-state index is -0.168. The summed E-state index contributed by atoms with van der Waals surface area (Å²) in [7, 11) is 0. The number of aromatic nitrogens is 5. The molecule has 5 rings (SSSR count). The van der Waals surface area contributed by atoms with E-state index in [0.29, 0.717) is 17.9 Å². The molecule has 162 valence electrons. The molecule has 9 heteroatoms. The third kappa shape index (κ3) is 3.90. The van der Waals surface area contributed by atoms with E-state index in [0.717, 1.165) is 41.3 Å². The Morgan fingerprint density at radius 3 is 2.78 bits per heavy atom. The molecule has 0 radical (unpaired) electrons. The molecule has 0 aliphatic carbocycles. The fourth-order valence-corrected chi connectivity index (χ4v) is 4.08. The number of nitrogens with zero attached hydrogens (tertiary/aromatic N) is 5. The smallest absolute Gasteiger partial charge is 0.251 e. The number of hydrogen-bond acceptors (Lipinski definition) is 7. The molecule has 4 N–H and O–H groups in total. The van der Waals surface area contributed by atoms with Gasteiger partial charge in [0.2, 0.25) is 0 Å². The molecule has 0 unspecified atom stereocenters. The molecule has 1 amide bonds. The molecule has 1 aliphatic heterocycles. The predicted octanol–water partition coefficient (Wildman–Crippen LogP) is 2.51. The van der Waals surface area contributed by atoms with E-state index >= 15 is 0 Å². The molecule has 4 heterocycles. The van der Waals surface area contributed by atoms with Gasteiger partial charge in [-0.3, -0.25) is 9.20 Å². The summed E-state index contributed by atoms with van der Waals surface area (Å²) in [5, 5.41) is 6.43. The molecule has 9 nitrogen and oxygen atoms in total. The maximum Gasteiger partial charge on any atom is 0.251 e. The van der Waals surface area contributed by atoms with Crippen LogP contribution in [0.3, 0.4) is 0 Å². The Morgan fingerprint density at radius 1 is 1.16 bits per heavy atom. The van der Waals surface area contributed by atoms with Gasteiger partial charge in [0.05, 0.1) is 18.3 Å². The molecule has 3 aromatic heterocycles. The number of carbonyl (C=O) groups excluding carboxylic acids is 1. The third-order valence-electron chi connectivity index (χ3n) is 5.73. The molecule has 1 fully saturated rings. The van der Waals surface area contributed by atoms with Gasteiger partial charge in [-0.1, -0.05) is 18.6 Å². The lowest BCUT2D eigenvalue weighted by Gasteiger charge is -2.22. The van der Waals surface area contributed by atoms with Gasteiger partial charge in [-0.25, -0.2) is 19.9 Å². The zero-order chi connectivity index (χ0) is 21.9. The van der Waals surface area contributed by atoms with Gasteiger partial charge in [0.15, 0.2) is 0 Å². The molecule has 1 atom stereocenters. The van der Waals surface area contributed by atoms with Crippen LogP contribution in [0.5, 0.6) is 0 Å². The number of benzene rings is 1. The van der Waals surface area contributed by atoms with Gasteiger partial charge >= 0.3 is 0 Å². The summed E-state index contributed by atoms with van der Waals surface area (Å²) in [5.41, 5.74) is 10.00. The van der Waals surface area contributed by atoms with Crippen LogP contribution in [0, 0.1) is 0 Å². The monoisotopic (exact) mass is 428 g/mol. The molecule has 1 aromatic carbocycles. The predicted molar refractivity (Wildman–Crippen MR) is 121 cm³/mol. The van der Waals surface area contributed by atoms with E-state index in [1.165, 1.54) is 19.2 Å². The SMILES string of the molecule is Nc1nccn2c([C@@H]3CCCCN3)nc(-c3ccc(C(=O)NCc4ccncn4)cc3)c12. The van der Waals surface area contributed by atoms with Crippen LogP contribution in [-0.4, -0.2) is 36.8 Å². The van der Waals surface area contributed by atoms with Crippen molar-refractivity contribution >= 4 is 17.2 Å². The van der Waals surface area contributed by atoms with E-state index in [1.807, 2.05) is 22.7 Å². The molecule has 32 heavy (non-hydrogen) atoms. The van der Waals surface area contributed by atoms with Crippen molar-refractivity contribution < 1.29 is 4.79 Å². The van der Waals surface area contributed by atoms with Crippen molar-refractivity contribution in [3.05, 3.63) is 72.3 Å².